The first kappa shape index (κ1) is 27.3. The summed E-state index contributed by atoms with van der Waals surface area (Å²) in [4.78, 5) is 39.3. The number of carbonyl (C=O) groups is 3. The van der Waals surface area contributed by atoms with E-state index in [0.717, 1.165) is 56.4 Å². The Balaban J connectivity index is 1.28. The fourth-order valence-electron chi connectivity index (χ4n) is 4.15. The van der Waals surface area contributed by atoms with Gasteiger partial charge in [0.05, 0.1) is 24.9 Å². The fourth-order valence-corrected chi connectivity index (χ4v) is 4.96. The third-order valence-corrected chi connectivity index (χ3v) is 6.97. The molecule has 1 saturated heterocycles. The monoisotopic (exact) mass is 539 g/mol. The number of allylic oxidation sites excluding steroid dienone is 2. The average Bonchev–Trinajstić information content (AvgIpc) is 3.32. The number of hydrogen-bond donors (Lipinski definition) is 5. The van der Waals surface area contributed by atoms with Crippen molar-refractivity contribution in [2.45, 2.75) is 25.8 Å². The third kappa shape index (κ3) is 7.63. The number of nitrogens with zero attached hydrogens (tertiary/aromatic N) is 2. The van der Waals surface area contributed by atoms with E-state index in [1.165, 1.54) is 0 Å². The molecule has 1 fully saturated rings. The van der Waals surface area contributed by atoms with E-state index in [1.54, 1.807) is 6.08 Å². The molecule has 1 aromatic heterocycles. The summed E-state index contributed by atoms with van der Waals surface area (Å²) in [5.74, 6) is -0.677. The standard InChI is InChI=1S/C26H33N7O4S/c1-17-3-7-19(8-4-17)29-26(36)30-20-9-5-18(6-10-20)22-21(23(27)34)24(38-32-22)31-25(35)28-11-2-12-33-13-15-37-16-14-33/h3-9,20H,2,10-16H2,1H3,(H2,27,34)(H2,28,31,35)(H2,29,30,36). The number of urea groups is 2. The van der Waals surface area contributed by atoms with Crippen molar-refractivity contribution in [3.63, 3.8) is 0 Å². The minimum absolute atomic E-state index is 0.165. The number of nitrogens with one attached hydrogen (secondary N) is 4. The molecule has 2 heterocycles. The Hall–Kier alpha value is -3.74. The number of hydrogen-bond acceptors (Lipinski definition) is 7. The first-order chi connectivity index (χ1) is 18.4. The van der Waals surface area contributed by atoms with Crippen LogP contribution in [0.4, 0.5) is 20.3 Å². The second-order valence-corrected chi connectivity index (χ2v) is 9.89. The highest BCUT2D eigenvalue weighted by atomic mass is 32.1. The zero-order valence-corrected chi connectivity index (χ0v) is 22.1. The molecule has 1 aromatic carbocycles. The van der Waals surface area contributed by atoms with Gasteiger partial charge in [0, 0.05) is 25.3 Å². The summed E-state index contributed by atoms with van der Waals surface area (Å²) in [6.45, 7) is 6.65. The van der Waals surface area contributed by atoms with Crippen LogP contribution in [0.1, 0.15) is 34.5 Å². The highest BCUT2D eigenvalue weighted by Gasteiger charge is 2.24. The van der Waals surface area contributed by atoms with E-state index >= 15 is 0 Å². The van der Waals surface area contributed by atoms with Gasteiger partial charge in [-0.1, -0.05) is 35.9 Å². The minimum atomic E-state index is -0.677. The maximum absolute atomic E-state index is 12.4. The number of nitrogens with two attached hydrogens (primary N) is 1. The van der Waals surface area contributed by atoms with Crippen LogP contribution in [0.25, 0.3) is 5.57 Å². The summed E-state index contributed by atoms with van der Waals surface area (Å²) in [7, 11) is 0. The number of benzene rings is 1. The lowest BCUT2D eigenvalue weighted by molar-refractivity contribution is 0.0375. The van der Waals surface area contributed by atoms with Crippen LogP contribution in [0.3, 0.4) is 0 Å². The molecule has 202 valence electrons. The molecule has 0 bridgehead atoms. The molecule has 6 N–H and O–H groups in total. The van der Waals surface area contributed by atoms with E-state index in [9.17, 15) is 14.4 Å². The van der Waals surface area contributed by atoms with Crippen LogP contribution >= 0.6 is 11.5 Å². The third-order valence-electron chi connectivity index (χ3n) is 6.21. The van der Waals surface area contributed by atoms with Gasteiger partial charge in [0.25, 0.3) is 5.91 Å². The first-order valence-corrected chi connectivity index (χ1v) is 13.3. The van der Waals surface area contributed by atoms with E-state index in [0.29, 0.717) is 34.9 Å². The summed E-state index contributed by atoms with van der Waals surface area (Å²) in [5, 5.41) is 11.5. The van der Waals surface area contributed by atoms with Gasteiger partial charge in [0.2, 0.25) is 0 Å². The smallest absolute Gasteiger partial charge is 0.319 e. The second kappa shape index (κ2) is 13.2. The molecule has 0 saturated carbocycles. The van der Waals surface area contributed by atoms with Crippen LogP contribution in [0, 0.1) is 6.92 Å². The molecule has 0 spiro atoms. The molecule has 12 heteroatoms. The van der Waals surface area contributed by atoms with Gasteiger partial charge in [0.1, 0.15) is 10.6 Å². The molecule has 4 rings (SSSR count). The van der Waals surface area contributed by atoms with E-state index in [1.807, 2.05) is 43.3 Å². The Morgan fingerprint density at radius 1 is 1.13 bits per heavy atom. The highest BCUT2D eigenvalue weighted by Crippen LogP contribution is 2.31. The molecule has 2 aromatic rings. The fraction of sp³-hybridized carbons (Fsp3) is 0.385. The Morgan fingerprint density at radius 3 is 2.58 bits per heavy atom. The predicted molar refractivity (Wildman–Crippen MR) is 148 cm³/mol. The van der Waals surface area contributed by atoms with E-state index in [-0.39, 0.29) is 17.6 Å². The summed E-state index contributed by atoms with van der Waals surface area (Å²) in [6, 6.07) is 6.59. The highest BCUT2D eigenvalue weighted by molar-refractivity contribution is 7.11. The predicted octanol–water partition coefficient (Wildman–Crippen LogP) is 2.93. The van der Waals surface area contributed by atoms with Crippen LogP contribution in [-0.2, 0) is 4.74 Å². The van der Waals surface area contributed by atoms with Crippen molar-refractivity contribution in [3.05, 3.63) is 59.3 Å². The van der Waals surface area contributed by atoms with Gasteiger partial charge in [-0.2, -0.15) is 4.37 Å². The second-order valence-electron chi connectivity index (χ2n) is 9.11. The summed E-state index contributed by atoms with van der Waals surface area (Å²) >= 11 is 1.00. The summed E-state index contributed by atoms with van der Waals surface area (Å²) < 4.78 is 9.72. The van der Waals surface area contributed by atoms with Crippen molar-refractivity contribution in [3.8, 4) is 0 Å². The van der Waals surface area contributed by atoms with Crippen molar-refractivity contribution < 1.29 is 19.1 Å². The van der Waals surface area contributed by atoms with Crippen molar-refractivity contribution in [2.24, 2.45) is 5.73 Å². The van der Waals surface area contributed by atoms with Crippen LogP contribution in [-0.4, -0.2) is 72.7 Å². The number of aryl methyl sites for hydroxylation is 1. The number of amides is 5. The number of carbonyl (C=O) groups excluding carboxylic acids is 3. The van der Waals surface area contributed by atoms with E-state index in [4.69, 9.17) is 10.5 Å². The maximum atomic E-state index is 12.4. The normalized spacial score (nSPS) is 17.4. The molecule has 11 nitrogen and oxygen atoms in total. The van der Waals surface area contributed by atoms with E-state index < -0.39 is 11.9 Å². The number of primary amides is 1. The van der Waals surface area contributed by atoms with Crippen molar-refractivity contribution >= 4 is 45.8 Å². The topological polar surface area (TPSA) is 151 Å². The molecule has 38 heavy (non-hydrogen) atoms. The molecule has 1 aliphatic carbocycles. The molecular weight excluding hydrogens is 506 g/mol. The number of aromatic nitrogens is 1. The zero-order chi connectivity index (χ0) is 26.9. The molecule has 2 aliphatic rings. The molecular formula is C26H33N7O4S. The Morgan fingerprint density at radius 2 is 1.89 bits per heavy atom. The van der Waals surface area contributed by atoms with Crippen molar-refractivity contribution in [1.82, 2.24) is 19.9 Å². The van der Waals surface area contributed by atoms with Crippen LogP contribution < -0.4 is 27.0 Å². The first-order valence-electron chi connectivity index (χ1n) is 12.6. The Bertz CT molecular complexity index is 1200. The largest absolute Gasteiger partial charge is 0.379 e. The molecule has 5 amide bonds. The van der Waals surface area contributed by atoms with Gasteiger partial charge in [-0.05, 0) is 55.5 Å². The van der Waals surface area contributed by atoms with Crippen LogP contribution in [0.2, 0.25) is 0 Å². The van der Waals surface area contributed by atoms with Gasteiger partial charge in [0.15, 0.2) is 0 Å². The molecule has 0 radical (unpaired) electrons. The van der Waals surface area contributed by atoms with Crippen molar-refractivity contribution in [2.75, 3.05) is 50.0 Å². The van der Waals surface area contributed by atoms with Gasteiger partial charge in [-0.25, -0.2) is 9.59 Å². The molecule has 1 unspecified atom stereocenters. The Kier molecular flexibility index (Phi) is 9.46. The number of anilines is 2. The number of ether oxygens (including phenoxy) is 1. The van der Waals surface area contributed by atoms with Gasteiger partial charge in [-0.15, -0.1) is 0 Å². The lowest BCUT2D eigenvalue weighted by Gasteiger charge is -2.26. The maximum Gasteiger partial charge on any atom is 0.319 e. The van der Waals surface area contributed by atoms with E-state index in [2.05, 4.69) is 30.5 Å². The number of morpholine rings is 1. The van der Waals surface area contributed by atoms with Gasteiger partial charge < -0.3 is 26.4 Å². The quantitative estimate of drug-likeness (QED) is 0.309. The molecule has 1 atom stereocenters. The SMILES string of the molecule is Cc1ccc(NC(=O)NC2C=CC(c3nsc(NC(=O)NCCCN4CCOCC4)c3C(N)=O)=CC2)cc1. The van der Waals surface area contributed by atoms with Crippen LogP contribution in [0.5, 0.6) is 0 Å². The van der Waals surface area contributed by atoms with Gasteiger partial charge >= 0.3 is 12.1 Å². The Labute approximate surface area is 225 Å². The lowest BCUT2D eigenvalue weighted by atomic mass is 9.98. The van der Waals surface area contributed by atoms with Gasteiger partial charge in [-0.3, -0.25) is 15.0 Å². The number of rotatable bonds is 9. The van der Waals surface area contributed by atoms with Crippen LogP contribution in [0.15, 0.2) is 42.5 Å². The van der Waals surface area contributed by atoms with Crippen molar-refractivity contribution in [1.29, 1.82) is 0 Å². The zero-order valence-electron chi connectivity index (χ0n) is 21.3. The average molecular weight is 540 g/mol. The summed E-state index contributed by atoms with van der Waals surface area (Å²) in [5.41, 5.74) is 8.74. The molecule has 1 aliphatic heterocycles. The minimum Gasteiger partial charge on any atom is -0.379 e. The lowest BCUT2D eigenvalue weighted by Crippen LogP contribution is -2.38. The summed E-state index contributed by atoms with van der Waals surface area (Å²) in [6.07, 6.45) is 6.82.